The number of fused-ring (bicyclic) bond motifs is 1. The quantitative estimate of drug-likeness (QED) is 0.903. The highest BCUT2D eigenvalue weighted by Gasteiger charge is 2.51. The smallest absolute Gasteiger partial charge is 0.253 e. The number of hydrogen-bond donors (Lipinski definition) is 1. The average molecular weight is 350 g/mol. The van der Waals surface area contributed by atoms with Crippen LogP contribution < -0.4 is 10.1 Å². The number of pyridine rings is 1. The number of rotatable bonds is 4. The van der Waals surface area contributed by atoms with Crippen LogP contribution in [0.1, 0.15) is 53.2 Å². The maximum absolute atomic E-state index is 12.8. The molecule has 4 heteroatoms. The van der Waals surface area contributed by atoms with Crippen molar-refractivity contribution in [2.75, 3.05) is 7.11 Å². The molecule has 1 N–H and O–H groups in total. The summed E-state index contributed by atoms with van der Waals surface area (Å²) in [6, 6.07) is 12.3. The molecular weight excluding hydrogens is 324 g/mol. The van der Waals surface area contributed by atoms with Crippen molar-refractivity contribution < 1.29 is 9.53 Å². The number of carbonyl (C=O) groups is 1. The molecule has 0 saturated heterocycles. The molecule has 2 aromatic rings. The first-order chi connectivity index (χ1) is 12.7. The summed E-state index contributed by atoms with van der Waals surface area (Å²) in [7, 11) is 1.69. The molecule has 4 rings (SSSR count). The molecule has 4 atom stereocenters. The topological polar surface area (TPSA) is 51.2 Å². The van der Waals surface area contributed by atoms with Gasteiger partial charge in [-0.2, -0.15) is 0 Å². The van der Waals surface area contributed by atoms with Gasteiger partial charge in [-0.3, -0.25) is 9.78 Å². The number of aryl methyl sites for hydroxylation is 1. The summed E-state index contributed by atoms with van der Waals surface area (Å²) in [4.78, 5) is 17.1. The third-order valence-corrected chi connectivity index (χ3v) is 6.23. The minimum absolute atomic E-state index is 0.00290. The Morgan fingerprint density at radius 2 is 1.85 bits per heavy atom. The molecule has 0 radical (unpaired) electrons. The first-order valence-electron chi connectivity index (χ1n) is 9.55. The lowest BCUT2D eigenvalue weighted by Crippen LogP contribution is -2.59. The fraction of sp³-hybridized carbons (Fsp3) is 0.455. The van der Waals surface area contributed by atoms with Crippen molar-refractivity contribution >= 4 is 5.91 Å². The van der Waals surface area contributed by atoms with E-state index < -0.39 is 0 Å². The van der Waals surface area contributed by atoms with E-state index in [4.69, 9.17) is 4.74 Å². The predicted molar refractivity (Wildman–Crippen MR) is 101 cm³/mol. The van der Waals surface area contributed by atoms with Gasteiger partial charge in [-0.1, -0.05) is 25.0 Å². The molecule has 0 bridgehead atoms. The van der Waals surface area contributed by atoms with Crippen LogP contribution in [0.4, 0.5) is 0 Å². The SMILES string of the molecule is COc1ccc([C@H]2[C@H]3CCCC[C@H]3[C@@H]2NC(=O)c2cccnc2C)cc1. The van der Waals surface area contributed by atoms with Gasteiger partial charge in [0.1, 0.15) is 5.75 Å². The van der Waals surface area contributed by atoms with Crippen LogP contribution in [0.25, 0.3) is 0 Å². The number of methoxy groups -OCH3 is 1. The van der Waals surface area contributed by atoms with Gasteiger partial charge in [0.05, 0.1) is 12.7 Å². The van der Waals surface area contributed by atoms with Crippen molar-refractivity contribution in [1.82, 2.24) is 10.3 Å². The second kappa shape index (κ2) is 7.10. The fourth-order valence-electron chi connectivity index (χ4n) is 4.90. The molecule has 4 nitrogen and oxygen atoms in total. The third-order valence-electron chi connectivity index (χ3n) is 6.23. The Balaban J connectivity index is 1.57. The van der Waals surface area contributed by atoms with E-state index in [-0.39, 0.29) is 11.9 Å². The molecule has 0 unspecified atom stereocenters. The number of nitrogens with one attached hydrogen (secondary N) is 1. The Bertz CT molecular complexity index is 787. The lowest BCUT2D eigenvalue weighted by atomic mass is 9.53. The van der Waals surface area contributed by atoms with E-state index in [0.29, 0.717) is 23.3 Å². The van der Waals surface area contributed by atoms with E-state index in [1.54, 1.807) is 13.3 Å². The summed E-state index contributed by atoms with van der Waals surface area (Å²) in [6.45, 7) is 1.89. The summed E-state index contributed by atoms with van der Waals surface area (Å²) in [5.41, 5.74) is 2.77. The molecule has 1 heterocycles. The average Bonchev–Trinajstić information content (AvgIpc) is 2.67. The normalized spacial score (nSPS) is 27.2. The van der Waals surface area contributed by atoms with Gasteiger partial charge in [0.25, 0.3) is 5.91 Å². The molecule has 26 heavy (non-hydrogen) atoms. The highest BCUT2D eigenvalue weighted by molar-refractivity contribution is 5.95. The van der Waals surface area contributed by atoms with Crippen molar-refractivity contribution in [3.63, 3.8) is 0 Å². The van der Waals surface area contributed by atoms with E-state index >= 15 is 0 Å². The summed E-state index contributed by atoms with van der Waals surface area (Å²) >= 11 is 0. The maximum atomic E-state index is 12.8. The van der Waals surface area contributed by atoms with Gasteiger partial charge in [-0.05, 0) is 61.4 Å². The van der Waals surface area contributed by atoms with Crippen LogP contribution in [0.2, 0.25) is 0 Å². The van der Waals surface area contributed by atoms with Crippen LogP contribution in [0.5, 0.6) is 5.75 Å². The van der Waals surface area contributed by atoms with Crippen LogP contribution in [0.15, 0.2) is 42.6 Å². The molecular formula is C22H26N2O2. The van der Waals surface area contributed by atoms with Gasteiger partial charge in [0.2, 0.25) is 0 Å². The standard InChI is InChI=1S/C22H26N2O2/c1-14-17(8-5-13-23-14)22(25)24-21-19-7-4-3-6-18(19)20(21)15-9-11-16(26-2)12-10-15/h5,8-13,18-21H,3-4,6-7H2,1-2H3,(H,24,25)/t18-,19+,20-,21-/m0/s1. The zero-order chi connectivity index (χ0) is 18.1. The molecule has 2 aliphatic carbocycles. The maximum Gasteiger partial charge on any atom is 0.253 e. The summed E-state index contributed by atoms with van der Waals surface area (Å²) in [6.07, 6.45) is 6.78. The van der Waals surface area contributed by atoms with E-state index in [2.05, 4.69) is 22.4 Å². The zero-order valence-electron chi connectivity index (χ0n) is 15.4. The van der Waals surface area contributed by atoms with Crippen LogP contribution >= 0.6 is 0 Å². The van der Waals surface area contributed by atoms with Gasteiger partial charge in [0.15, 0.2) is 0 Å². The highest BCUT2D eigenvalue weighted by Crippen LogP contribution is 2.54. The van der Waals surface area contributed by atoms with Gasteiger partial charge in [-0.15, -0.1) is 0 Å². The first-order valence-corrected chi connectivity index (χ1v) is 9.55. The summed E-state index contributed by atoms with van der Waals surface area (Å²) in [5, 5.41) is 3.34. The molecule has 2 fully saturated rings. The molecule has 1 aromatic heterocycles. The van der Waals surface area contributed by atoms with Crippen LogP contribution in [-0.4, -0.2) is 24.0 Å². The van der Waals surface area contributed by atoms with Crippen molar-refractivity contribution in [2.45, 2.75) is 44.6 Å². The predicted octanol–water partition coefficient (Wildman–Crippen LogP) is 4.10. The summed E-state index contributed by atoms with van der Waals surface area (Å²) < 4.78 is 5.29. The van der Waals surface area contributed by atoms with E-state index in [9.17, 15) is 4.79 Å². The number of amides is 1. The number of carbonyl (C=O) groups excluding carboxylic acids is 1. The third kappa shape index (κ3) is 2.98. The molecule has 0 aliphatic heterocycles. The van der Waals surface area contributed by atoms with Crippen molar-refractivity contribution in [2.24, 2.45) is 11.8 Å². The van der Waals surface area contributed by atoms with Gasteiger partial charge in [0, 0.05) is 23.9 Å². The second-order valence-electron chi connectivity index (χ2n) is 7.55. The molecule has 2 aliphatic rings. The van der Waals surface area contributed by atoms with E-state index in [1.165, 1.54) is 31.2 Å². The van der Waals surface area contributed by atoms with Crippen molar-refractivity contribution in [3.05, 3.63) is 59.4 Å². The Hall–Kier alpha value is -2.36. The monoisotopic (exact) mass is 350 g/mol. The number of aromatic nitrogens is 1. The molecule has 136 valence electrons. The lowest BCUT2D eigenvalue weighted by molar-refractivity contribution is 0.0251. The van der Waals surface area contributed by atoms with Gasteiger partial charge < -0.3 is 10.1 Å². The van der Waals surface area contributed by atoms with Gasteiger partial charge >= 0.3 is 0 Å². The minimum atomic E-state index is 0.00290. The zero-order valence-corrected chi connectivity index (χ0v) is 15.4. The number of ether oxygens (including phenoxy) is 1. The van der Waals surface area contributed by atoms with Crippen molar-refractivity contribution in [1.29, 1.82) is 0 Å². The fourth-order valence-corrected chi connectivity index (χ4v) is 4.90. The minimum Gasteiger partial charge on any atom is -0.497 e. The van der Waals surface area contributed by atoms with Crippen LogP contribution in [-0.2, 0) is 0 Å². The second-order valence-corrected chi connectivity index (χ2v) is 7.55. The lowest BCUT2D eigenvalue weighted by Gasteiger charge is -2.55. The molecule has 1 amide bonds. The van der Waals surface area contributed by atoms with Crippen molar-refractivity contribution in [3.8, 4) is 5.75 Å². The summed E-state index contributed by atoms with van der Waals surface area (Å²) in [5.74, 6) is 2.55. The Labute approximate surface area is 155 Å². The Morgan fingerprint density at radius 1 is 1.12 bits per heavy atom. The molecule has 0 spiro atoms. The van der Waals surface area contributed by atoms with Gasteiger partial charge in [-0.25, -0.2) is 0 Å². The Kier molecular flexibility index (Phi) is 4.66. The number of hydrogen-bond acceptors (Lipinski definition) is 3. The number of nitrogens with zero attached hydrogens (tertiary/aromatic N) is 1. The van der Waals surface area contributed by atoms with E-state index in [0.717, 1.165) is 11.4 Å². The molecule has 2 saturated carbocycles. The largest absolute Gasteiger partial charge is 0.497 e. The highest BCUT2D eigenvalue weighted by atomic mass is 16.5. The Morgan fingerprint density at radius 3 is 2.54 bits per heavy atom. The van der Waals surface area contributed by atoms with E-state index in [1.807, 2.05) is 31.2 Å². The van der Waals surface area contributed by atoms with Crippen LogP contribution in [0.3, 0.4) is 0 Å². The number of benzene rings is 1. The van der Waals surface area contributed by atoms with Crippen LogP contribution in [0, 0.1) is 18.8 Å². The first kappa shape index (κ1) is 17.1. The molecule has 1 aromatic carbocycles.